The number of nitrogens with zero attached hydrogens (tertiary/aromatic N) is 1. The molecule has 0 spiro atoms. The van der Waals surface area contributed by atoms with Crippen LogP contribution in [0.3, 0.4) is 0 Å². The lowest BCUT2D eigenvalue weighted by molar-refractivity contribution is -0.141. The van der Waals surface area contributed by atoms with Gasteiger partial charge in [0.25, 0.3) is 0 Å². The molecule has 182 valence electrons. The van der Waals surface area contributed by atoms with Crippen molar-refractivity contribution >= 4 is 16.9 Å². The molecule has 0 aliphatic heterocycles. The van der Waals surface area contributed by atoms with Crippen LogP contribution in [0, 0.1) is 0 Å². The fourth-order valence-corrected chi connectivity index (χ4v) is 3.66. The smallest absolute Gasteiger partial charge is 0.437 e. The van der Waals surface area contributed by atoms with E-state index < -0.39 is 17.8 Å². The lowest BCUT2D eigenvalue weighted by atomic mass is 10.0. The summed E-state index contributed by atoms with van der Waals surface area (Å²) in [6.45, 7) is 4.13. The number of benzene rings is 2. The molecule has 34 heavy (non-hydrogen) atoms. The van der Waals surface area contributed by atoms with Crippen LogP contribution in [0.25, 0.3) is 11.0 Å². The highest BCUT2D eigenvalue weighted by atomic mass is 19.4. The highest BCUT2D eigenvalue weighted by Crippen LogP contribution is 2.38. The van der Waals surface area contributed by atoms with E-state index in [9.17, 15) is 18.0 Å². The van der Waals surface area contributed by atoms with Crippen LogP contribution < -0.4 is 9.47 Å². The monoisotopic (exact) mass is 477 g/mol. The summed E-state index contributed by atoms with van der Waals surface area (Å²) < 4.78 is 55.9. The van der Waals surface area contributed by atoms with E-state index in [0.717, 1.165) is 18.4 Å². The van der Waals surface area contributed by atoms with Gasteiger partial charge in [0.15, 0.2) is 11.3 Å². The van der Waals surface area contributed by atoms with Gasteiger partial charge in [0, 0.05) is 5.56 Å². The standard InChI is InChI=1S/C25H26F3NO5/c1-3-6-17-14-16(15-22(30)31)8-10-20(17)32-12-5-13-33-21-11-9-19-23(18(21)7-4-2)34-29-24(19)25(26,27)28/h5,8-11,13-14H,3-4,6-7,12,15H2,1-2H3,(H,30,31)/b13-5+. The zero-order valence-corrected chi connectivity index (χ0v) is 18.9. The van der Waals surface area contributed by atoms with Crippen LogP contribution in [0.15, 0.2) is 47.2 Å². The van der Waals surface area contributed by atoms with Crippen LogP contribution in [0.2, 0.25) is 0 Å². The van der Waals surface area contributed by atoms with Gasteiger partial charge in [-0.05, 0) is 48.2 Å². The Balaban J connectivity index is 1.70. The van der Waals surface area contributed by atoms with Gasteiger partial charge in [-0.3, -0.25) is 4.79 Å². The van der Waals surface area contributed by atoms with Crippen LogP contribution >= 0.6 is 0 Å². The maximum atomic E-state index is 13.1. The van der Waals surface area contributed by atoms with E-state index in [-0.39, 0.29) is 24.0 Å². The van der Waals surface area contributed by atoms with Gasteiger partial charge in [0.1, 0.15) is 18.1 Å². The number of alkyl halides is 3. The van der Waals surface area contributed by atoms with E-state index in [1.165, 1.54) is 18.4 Å². The quantitative estimate of drug-likeness (QED) is 0.324. The third-order valence-electron chi connectivity index (χ3n) is 5.10. The highest BCUT2D eigenvalue weighted by molar-refractivity contribution is 5.85. The number of hydrogen-bond donors (Lipinski definition) is 1. The largest absolute Gasteiger partial charge is 0.489 e. The van der Waals surface area contributed by atoms with Crippen molar-refractivity contribution in [2.45, 2.75) is 52.1 Å². The third kappa shape index (κ3) is 6.09. The third-order valence-corrected chi connectivity index (χ3v) is 5.10. The number of aryl methyl sites for hydroxylation is 2. The minimum absolute atomic E-state index is 0.0508. The van der Waals surface area contributed by atoms with Crippen molar-refractivity contribution in [3.63, 3.8) is 0 Å². The van der Waals surface area contributed by atoms with Gasteiger partial charge in [-0.2, -0.15) is 13.2 Å². The summed E-state index contributed by atoms with van der Waals surface area (Å²) in [5.41, 5.74) is 1.18. The fourth-order valence-electron chi connectivity index (χ4n) is 3.66. The Morgan fingerprint density at radius 2 is 1.85 bits per heavy atom. The first kappa shape index (κ1) is 25.1. The Kier molecular flexibility index (Phi) is 8.20. The molecule has 3 aromatic rings. The summed E-state index contributed by atoms with van der Waals surface area (Å²) in [5, 5.41) is 12.1. The molecule has 2 aromatic carbocycles. The Morgan fingerprint density at radius 1 is 1.12 bits per heavy atom. The molecule has 0 fully saturated rings. The molecule has 0 radical (unpaired) electrons. The molecule has 0 aliphatic rings. The average Bonchev–Trinajstić information content (AvgIpc) is 3.21. The molecule has 1 aromatic heterocycles. The van der Waals surface area contributed by atoms with Crippen molar-refractivity contribution in [2.24, 2.45) is 0 Å². The minimum atomic E-state index is -4.60. The second-order valence-electron chi connectivity index (χ2n) is 7.76. The molecule has 1 heterocycles. The number of ether oxygens (including phenoxy) is 2. The Morgan fingerprint density at radius 3 is 2.53 bits per heavy atom. The minimum Gasteiger partial charge on any atom is -0.489 e. The van der Waals surface area contributed by atoms with E-state index >= 15 is 0 Å². The Labute approximate surface area is 195 Å². The molecule has 9 heteroatoms. The molecule has 0 aliphatic carbocycles. The summed E-state index contributed by atoms with van der Waals surface area (Å²) in [5.74, 6) is 0.159. The zero-order chi connectivity index (χ0) is 24.7. The number of halogens is 3. The molecule has 1 N–H and O–H groups in total. The van der Waals surface area contributed by atoms with Gasteiger partial charge in [-0.15, -0.1) is 0 Å². The molecule has 3 rings (SSSR count). The second-order valence-corrected chi connectivity index (χ2v) is 7.76. The maximum Gasteiger partial charge on any atom is 0.437 e. The number of carboxylic acid groups (broad SMARTS) is 1. The van der Waals surface area contributed by atoms with E-state index in [1.54, 1.807) is 18.2 Å². The highest BCUT2D eigenvalue weighted by Gasteiger charge is 2.37. The Bertz CT molecular complexity index is 1170. The SMILES string of the molecule is CCCc1cc(CC(=O)O)ccc1OC/C=C/Oc1ccc2c(C(F)(F)F)noc2c1CCC. The maximum absolute atomic E-state index is 13.1. The molecule has 0 amide bonds. The van der Waals surface area contributed by atoms with Crippen LogP contribution in [-0.4, -0.2) is 22.8 Å². The number of fused-ring (bicyclic) bond motifs is 1. The molecular weight excluding hydrogens is 451 g/mol. The summed E-state index contributed by atoms with van der Waals surface area (Å²) in [4.78, 5) is 11.0. The summed E-state index contributed by atoms with van der Waals surface area (Å²) in [7, 11) is 0. The van der Waals surface area contributed by atoms with Crippen LogP contribution in [0.5, 0.6) is 11.5 Å². The van der Waals surface area contributed by atoms with Crippen LogP contribution in [0.4, 0.5) is 13.2 Å². The van der Waals surface area contributed by atoms with Crippen molar-refractivity contribution in [3.05, 3.63) is 65.1 Å². The van der Waals surface area contributed by atoms with Crippen molar-refractivity contribution in [2.75, 3.05) is 6.61 Å². The summed E-state index contributed by atoms with van der Waals surface area (Å²) in [6, 6.07) is 8.09. The van der Waals surface area contributed by atoms with Crippen molar-refractivity contribution < 1.29 is 37.1 Å². The second kappa shape index (κ2) is 11.1. The van der Waals surface area contributed by atoms with Crippen LogP contribution in [-0.2, 0) is 30.2 Å². The molecule has 6 nitrogen and oxygen atoms in total. The zero-order valence-electron chi connectivity index (χ0n) is 18.9. The first-order valence-electron chi connectivity index (χ1n) is 11.0. The average molecular weight is 477 g/mol. The van der Waals surface area contributed by atoms with Crippen molar-refractivity contribution in [1.29, 1.82) is 0 Å². The van der Waals surface area contributed by atoms with E-state index in [2.05, 4.69) is 5.16 Å². The van der Waals surface area contributed by atoms with E-state index in [4.69, 9.17) is 19.1 Å². The molecule has 0 bridgehead atoms. The van der Waals surface area contributed by atoms with E-state index in [0.29, 0.717) is 35.5 Å². The summed E-state index contributed by atoms with van der Waals surface area (Å²) >= 11 is 0. The van der Waals surface area contributed by atoms with Gasteiger partial charge < -0.3 is 19.1 Å². The molecule has 0 atom stereocenters. The molecular formula is C25H26F3NO5. The first-order chi connectivity index (χ1) is 16.2. The van der Waals surface area contributed by atoms with E-state index in [1.807, 2.05) is 19.9 Å². The number of carbonyl (C=O) groups is 1. The number of rotatable bonds is 11. The Hall–Kier alpha value is -3.49. The normalized spacial score (nSPS) is 11.9. The lowest BCUT2D eigenvalue weighted by Crippen LogP contribution is -2.05. The number of carboxylic acids is 1. The summed E-state index contributed by atoms with van der Waals surface area (Å²) in [6.07, 6.45) is 1.19. The van der Waals surface area contributed by atoms with Crippen molar-refractivity contribution in [3.8, 4) is 11.5 Å². The van der Waals surface area contributed by atoms with Crippen molar-refractivity contribution in [1.82, 2.24) is 5.16 Å². The van der Waals surface area contributed by atoms with Gasteiger partial charge in [0.2, 0.25) is 0 Å². The number of hydrogen-bond acceptors (Lipinski definition) is 5. The van der Waals surface area contributed by atoms with Gasteiger partial charge in [0.05, 0.1) is 18.1 Å². The number of aliphatic carboxylic acids is 1. The number of aromatic nitrogens is 1. The molecule has 0 saturated carbocycles. The van der Waals surface area contributed by atoms with Gasteiger partial charge in [-0.1, -0.05) is 44.0 Å². The predicted molar refractivity (Wildman–Crippen MR) is 120 cm³/mol. The lowest BCUT2D eigenvalue weighted by Gasteiger charge is -2.11. The van der Waals surface area contributed by atoms with Crippen LogP contribution in [0.1, 0.15) is 49.1 Å². The first-order valence-corrected chi connectivity index (χ1v) is 11.0. The van der Waals surface area contributed by atoms with Gasteiger partial charge in [-0.25, -0.2) is 0 Å². The molecule has 0 unspecified atom stereocenters. The molecule has 0 saturated heterocycles. The predicted octanol–water partition coefficient (Wildman–Crippen LogP) is 6.35. The topological polar surface area (TPSA) is 81.8 Å². The fraction of sp³-hybridized carbons (Fsp3) is 0.360. The van der Waals surface area contributed by atoms with Gasteiger partial charge >= 0.3 is 12.1 Å².